The molecule has 0 unspecified atom stereocenters. The fourth-order valence-electron chi connectivity index (χ4n) is 1.88. The van der Waals surface area contributed by atoms with Crippen molar-refractivity contribution in [3.05, 3.63) is 23.8 Å². The molecule has 0 aliphatic carbocycles. The highest BCUT2D eigenvalue weighted by Gasteiger charge is 2.11. The third kappa shape index (κ3) is 2.50. The minimum atomic E-state index is 0.0256. The predicted octanol–water partition coefficient (Wildman–Crippen LogP) is 0.968. The van der Waals surface area contributed by atoms with Crippen molar-refractivity contribution in [1.29, 1.82) is 5.26 Å². The first-order valence-electron chi connectivity index (χ1n) is 5.89. The number of imidazole rings is 1. The quantitative estimate of drug-likeness (QED) is 0.887. The van der Waals surface area contributed by atoms with Crippen LogP contribution < -0.4 is 5.73 Å². The number of rotatable bonds is 3. The third-order valence-electron chi connectivity index (χ3n) is 2.95. The molecule has 19 heavy (non-hydrogen) atoms. The zero-order valence-corrected chi connectivity index (χ0v) is 10.9. The Labute approximate surface area is 111 Å². The van der Waals surface area contributed by atoms with Gasteiger partial charge in [-0.1, -0.05) is 0 Å². The number of amides is 1. The van der Waals surface area contributed by atoms with E-state index in [1.54, 1.807) is 36.9 Å². The van der Waals surface area contributed by atoms with E-state index in [1.807, 2.05) is 0 Å². The zero-order chi connectivity index (χ0) is 14.0. The number of carbonyl (C=O) groups excluding carboxylic acids is 1. The molecule has 0 aliphatic heterocycles. The van der Waals surface area contributed by atoms with E-state index < -0.39 is 0 Å². The largest absolute Gasteiger partial charge is 0.369 e. The molecule has 0 radical (unpaired) electrons. The number of benzene rings is 1. The van der Waals surface area contributed by atoms with Gasteiger partial charge in [0.2, 0.25) is 11.9 Å². The van der Waals surface area contributed by atoms with E-state index in [9.17, 15) is 4.79 Å². The SMILES string of the molecule is CN(C)C(=O)CCn1c(N)nc2ccc(C#N)cc21. The summed E-state index contributed by atoms with van der Waals surface area (Å²) in [6.45, 7) is 0.453. The molecule has 1 aromatic heterocycles. The van der Waals surface area contributed by atoms with Crippen molar-refractivity contribution in [2.24, 2.45) is 0 Å². The maximum absolute atomic E-state index is 11.6. The standard InChI is InChI=1S/C13H15N5O/c1-17(2)12(19)5-6-18-11-7-9(8-14)3-4-10(11)16-13(18)15/h3-4,7H,5-6H2,1-2H3,(H2,15,16). The van der Waals surface area contributed by atoms with Crippen LogP contribution in [-0.4, -0.2) is 34.5 Å². The van der Waals surface area contributed by atoms with E-state index in [-0.39, 0.29) is 5.91 Å². The molecule has 0 spiro atoms. The van der Waals surface area contributed by atoms with Gasteiger partial charge in [-0.3, -0.25) is 4.79 Å². The molecule has 0 fully saturated rings. The number of hydrogen-bond donors (Lipinski definition) is 1. The highest BCUT2D eigenvalue weighted by molar-refractivity contribution is 5.80. The summed E-state index contributed by atoms with van der Waals surface area (Å²) in [6, 6.07) is 7.27. The molecule has 1 amide bonds. The molecule has 1 heterocycles. The van der Waals surface area contributed by atoms with Crippen LogP contribution in [0.15, 0.2) is 18.2 Å². The van der Waals surface area contributed by atoms with Crippen molar-refractivity contribution in [2.45, 2.75) is 13.0 Å². The lowest BCUT2D eigenvalue weighted by Crippen LogP contribution is -2.23. The summed E-state index contributed by atoms with van der Waals surface area (Å²) in [5, 5.41) is 8.91. The normalized spacial score (nSPS) is 10.4. The number of nitrogen functional groups attached to an aromatic ring is 1. The van der Waals surface area contributed by atoms with Crippen LogP contribution in [0.5, 0.6) is 0 Å². The summed E-state index contributed by atoms with van der Waals surface area (Å²) in [6.07, 6.45) is 0.347. The van der Waals surface area contributed by atoms with Crippen molar-refractivity contribution < 1.29 is 4.79 Å². The molecule has 0 atom stereocenters. The second kappa shape index (κ2) is 4.98. The van der Waals surface area contributed by atoms with Gasteiger partial charge in [0.1, 0.15) is 0 Å². The minimum absolute atomic E-state index is 0.0256. The molecule has 6 heteroatoms. The Hall–Kier alpha value is -2.55. The number of anilines is 1. The summed E-state index contributed by atoms with van der Waals surface area (Å²) in [7, 11) is 3.43. The smallest absolute Gasteiger partial charge is 0.223 e. The van der Waals surface area contributed by atoms with Gasteiger partial charge in [-0.15, -0.1) is 0 Å². The Kier molecular flexibility index (Phi) is 3.38. The van der Waals surface area contributed by atoms with Gasteiger partial charge >= 0.3 is 0 Å². The number of nitriles is 1. The van der Waals surface area contributed by atoms with Crippen LogP contribution >= 0.6 is 0 Å². The number of aromatic nitrogens is 2. The van der Waals surface area contributed by atoms with Crippen molar-refractivity contribution in [2.75, 3.05) is 19.8 Å². The lowest BCUT2D eigenvalue weighted by Gasteiger charge is -2.11. The van der Waals surface area contributed by atoms with Crippen LogP contribution in [0.2, 0.25) is 0 Å². The second-order valence-electron chi connectivity index (χ2n) is 4.48. The molecule has 2 rings (SSSR count). The number of fused-ring (bicyclic) bond motifs is 1. The van der Waals surface area contributed by atoms with Gasteiger partial charge in [0.15, 0.2) is 0 Å². The van der Waals surface area contributed by atoms with Crippen LogP contribution in [0.4, 0.5) is 5.95 Å². The van der Waals surface area contributed by atoms with Gasteiger partial charge in [0, 0.05) is 27.1 Å². The summed E-state index contributed by atoms with van der Waals surface area (Å²) in [4.78, 5) is 17.4. The summed E-state index contributed by atoms with van der Waals surface area (Å²) >= 11 is 0. The van der Waals surface area contributed by atoms with Crippen molar-refractivity contribution in [1.82, 2.24) is 14.5 Å². The highest BCUT2D eigenvalue weighted by Crippen LogP contribution is 2.19. The number of hydrogen-bond acceptors (Lipinski definition) is 4. The Balaban J connectivity index is 2.34. The van der Waals surface area contributed by atoms with E-state index in [2.05, 4.69) is 11.1 Å². The number of nitrogens with two attached hydrogens (primary N) is 1. The van der Waals surface area contributed by atoms with Crippen LogP contribution in [0, 0.1) is 11.3 Å². The van der Waals surface area contributed by atoms with Crippen LogP contribution in [0.1, 0.15) is 12.0 Å². The first kappa shape index (κ1) is 12.9. The van der Waals surface area contributed by atoms with Gasteiger partial charge in [-0.25, -0.2) is 4.98 Å². The van der Waals surface area contributed by atoms with Gasteiger partial charge in [-0.05, 0) is 18.2 Å². The lowest BCUT2D eigenvalue weighted by atomic mass is 10.2. The molecule has 2 N–H and O–H groups in total. The minimum Gasteiger partial charge on any atom is -0.369 e. The maximum atomic E-state index is 11.6. The predicted molar refractivity (Wildman–Crippen MR) is 72.2 cm³/mol. The van der Waals surface area contributed by atoms with Crippen molar-refractivity contribution in [3.63, 3.8) is 0 Å². The van der Waals surface area contributed by atoms with Gasteiger partial charge in [0.25, 0.3) is 0 Å². The van der Waals surface area contributed by atoms with Crippen molar-refractivity contribution in [3.8, 4) is 6.07 Å². The van der Waals surface area contributed by atoms with E-state index in [0.717, 1.165) is 11.0 Å². The van der Waals surface area contributed by atoms with Gasteiger partial charge in [-0.2, -0.15) is 5.26 Å². The average molecular weight is 257 g/mol. The Morgan fingerprint density at radius 1 is 1.53 bits per heavy atom. The Bertz CT molecular complexity index is 665. The van der Waals surface area contributed by atoms with Crippen molar-refractivity contribution >= 4 is 22.9 Å². The van der Waals surface area contributed by atoms with E-state index in [1.165, 1.54) is 4.90 Å². The maximum Gasteiger partial charge on any atom is 0.223 e. The number of aryl methyl sites for hydroxylation is 1. The second-order valence-corrected chi connectivity index (χ2v) is 4.48. The van der Waals surface area contributed by atoms with Gasteiger partial charge < -0.3 is 15.2 Å². The first-order valence-corrected chi connectivity index (χ1v) is 5.89. The zero-order valence-electron chi connectivity index (χ0n) is 10.9. The molecule has 0 aliphatic rings. The molecular formula is C13H15N5O. The first-order chi connectivity index (χ1) is 9.02. The van der Waals surface area contributed by atoms with E-state index in [4.69, 9.17) is 11.0 Å². The molecule has 0 bridgehead atoms. The summed E-state index contributed by atoms with van der Waals surface area (Å²) in [5.41, 5.74) is 7.91. The van der Waals surface area contributed by atoms with E-state index in [0.29, 0.717) is 24.5 Å². The van der Waals surface area contributed by atoms with E-state index >= 15 is 0 Å². The topological polar surface area (TPSA) is 87.9 Å². The average Bonchev–Trinajstić information content (AvgIpc) is 2.70. The molecule has 0 saturated carbocycles. The van der Waals surface area contributed by atoms with Gasteiger partial charge in [0.05, 0.1) is 22.7 Å². The number of nitrogens with zero attached hydrogens (tertiary/aromatic N) is 4. The molecule has 1 aromatic carbocycles. The lowest BCUT2D eigenvalue weighted by molar-refractivity contribution is -0.128. The fourth-order valence-corrected chi connectivity index (χ4v) is 1.88. The Morgan fingerprint density at radius 2 is 2.26 bits per heavy atom. The third-order valence-corrected chi connectivity index (χ3v) is 2.95. The molecule has 98 valence electrons. The molecule has 0 saturated heterocycles. The monoisotopic (exact) mass is 257 g/mol. The Morgan fingerprint density at radius 3 is 2.89 bits per heavy atom. The van der Waals surface area contributed by atoms with Crippen LogP contribution in [-0.2, 0) is 11.3 Å². The highest BCUT2D eigenvalue weighted by atomic mass is 16.2. The van der Waals surface area contributed by atoms with Crippen LogP contribution in [0.3, 0.4) is 0 Å². The molecular weight excluding hydrogens is 242 g/mol. The number of carbonyl (C=O) groups is 1. The fraction of sp³-hybridized carbons (Fsp3) is 0.308. The molecule has 2 aromatic rings. The molecule has 6 nitrogen and oxygen atoms in total. The summed E-state index contributed by atoms with van der Waals surface area (Å²) in [5.74, 6) is 0.384. The van der Waals surface area contributed by atoms with Crippen LogP contribution in [0.25, 0.3) is 11.0 Å². The summed E-state index contributed by atoms with van der Waals surface area (Å²) < 4.78 is 1.76.